The zero-order chi connectivity index (χ0) is 17.8. The lowest BCUT2D eigenvalue weighted by molar-refractivity contribution is 0.0601. The zero-order valence-electron chi connectivity index (χ0n) is 13.9. The SMILES string of the molecule is COC(=O)c1ccccc1N(C(=O)c1ccc(C#N)cc1)C1CCC1. The van der Waals surface area contributed by atoms with Crippen LogP contribution in [-0.2, 0) is 4.74 Å². The number of carbonyl (C=O) groups is 2. The lowest BCUT2D eigenvalue weighted by atomic mass is 9.90. The van der Waals surface area contributed by atoms with Gasteiger partial charge in [-0.25, -0.2) is 4.79 Å². The quantitative estimate of drug-likeness (QED) is 0.802. The molecule has 0 atom stereocenters. The van der Waals surface area contributed by atoms with Gasteiger partial charge in [-0.2, -0.15) is 5.26 Å². The van der Waals surface area contributed by atoms with E-state index in [1.807, 2.05) is 6.07 Å². The van der Waals surface area contributed by atoms with E-state index in [2.05, 4.69) is 0 Å². The van der Waals surface area contributed by atoms with Gasteiger partial charge < -0.3 is 9.64 Å². The van der Waals surface area contributed by atoms with Crippen LogP contribution in [0.3, 0.4) is 0 Å². The molecule has 0 bridgehead atoms. The van der Waals surface area contributed by atoms with Crippen LogP contribution in [0.5, 0.6) is 0 Å². The molecule has 2 aromatic rings. The van der Waals surface area contributed by atoms with Gasteiger partial charge in [0.05, 0.1) is 30.0 Å². The summed E-state index contributed by atoms with van der Waals surface area (Å²) in [5.74, 6) is -0.641. The number of carbonyl (C=O) groups excluding carboxylic acids is 2. The van der Waals surface area contributed by atoms with Crippen molar-refractivity contribution in [3.63, 3.8) is 0 Å². The molecule has 0 aliphatic heterocycles. The van der Waals surface area contributed by atoms with Gasteiger partial charge in [0.15, 0.2) is 0 Å². The number of nitrogens with zero attached hydrogens (tertiary/aromatic N) is 2. The Hall–Kier alpha value is -3.13. The van der Waals surface area contributed by atoms with Crippen molar-refractivity contribution in [2.75, 3.05) is 12.0 Å². The number of anilines is 1. The molecule has 2 aromatic carbocycles. The molecule has 0 unspecified atom stereocenters. The van der Waals surface area contributed by atoms with E-state index in [0.29, 0.717) is 22.4 Å². The summed E-state index contributed by atoms with van der Waals surface area (Å²) in [7, 11) is 1.33. The summed E-state index contributed by atoms with van der Waals surface area (Å²) in [4.78, 5) is 26.9. The molecule has 126 valence electrons. The Morgan fingerprint density at radius 2 is 1.80 bits per heavy atom. The molecule has 1 amide bonds. The molecule has 0 radical (unpaired) electrons. The number of benzene rings is 2. The maximum Gasteiger partial charge on any atom is 0.339 e. The Labute approximate surface area is 146 Å². The van der Waals surface area contributed by atoms with E-state index in [-0.39, 0.29) is 11.9 Å². The van der Waals surface area contributed by atoms with Crippen molar-refractivity contribution in [2.24, 2.45) is 0 Å². The van der Waals surface area contributed by atoms with E-state index >= 15 is 0 Å². The monoisotopic (exact) mass is 334 g/mol. The van der Waals surface area contributed by atoms with Gasteiger partial charge in [0.25, 0.3) is 5.91 Å². The van der Waals surface area contributed by atoms with Crippen LogP contribution in [0.4, 0.5) is 5.69 Å². The normalized spacial score (nSPS) is 13.4. The van der Waals surface area contributed by atoms with Gasteiger partial charge in [-0.15, -0.1) is 0 Å². The molecule has 5 heteroatoms. The highest BCUT2D eigenvalue weighted by molar-refractivity contribution is 6.10. The largest absolute Gasteiger partial charge is 0.465 e. The number of amides is 1. The van der Waals surface area contributed by atoms with E-state index in [0.717, 1.165) is 19.3 Å². The summed E-state index contributed by atoms with van der Waals surface area (Å²) < 4.78 is 4.86. The Morgan fingerprint density at radius 1 is 1.12 bits per heavy atom. The fourth-order valence-electron chi connectivity index (χ4n) is 2.91. The van der Waals surface area contributed by atoms with Crippen LogP contribution in [0.1, 0.15) is 45.5 Å². The Bertz CT molecular complexity index is 833. The van der Waals surface area contributed by atoms with Crippen molar-refractivity contribution >= 4 is 17.6 Å². The molecule has 3 rings (SSSR count). The summed E-state index contributed by atoms with van der Waals surface area (Å²) in [5, 5.41) is 8.92. The Balaban J connectivity index is 2.02. The molecule has 25 heavy (non-hydrogen) atoms. The summed E-state index contributed by atoms with van der Waals surface area (Å²) >= 11 is 0. The topological polar surface area (TPSA) is 70.4 Å². The fourth-order valence-corrected chi connectivity index (χ4v) is 2.91. The molecular formula is C20H18N2O3. The first kappa shape index (κ1) is 16.7. The second kappa shape index (κ2) is 7.18. The summed E-state index contributed by atoms with van der Waals surface area (Å²) in [6, 6.07) is 15.6. The molecule has 1 fully saturated rings. The molecular weight excluding hydrogens is 316 g/mol. The number of methoxy groups -OCH3 is 1. The molecule has 0 spiro atoms. The number of hydrogen-bond donors (Lipinski definition) is 0. The molecule has 5 nitrogen and oxygen atoms in total. The summed E-state index contributed by atoms with van der Waals surface area (Å²) in [5.41, 5.74) is 1.93. The first-order valence-corrected chi connectivity index (χ1v) is 8.16. The standard InChI is InChI=1S/C20H18N2O3/c1-25-20(24)17-7-2-3-8-18(17)22(16-5-4-6-16)19(23)15-11-9-14(13-21)10-12-15/h2-3,7-12,16H,4-6H2,1H3. The second-order valence-corrected chi connectivity index (χ2v) is 5.96. The molecule has 0 N–H and O–H groups in total. The lowest BCUT2D eigenvalue weighted by Gasteiger charge is -2.38. The molecule has 1 aliphatic carbocycles. The van der Waals surface area contributed by atoms with Crippen LogP contribution in [0.15, 0.2) is 48.5 Å². The van der Waals surface area contributed by atoms with Gasteiger partial charge in [-0.3, -0.25) is 4.79 Å². The average molecular weight is 334 g/mol. The van der Waals surface area contributed by atoms with E-state index < -0.39 is 5.97 Å². The van der Waals surface area contributed by atoms with E-state index in [4.69, 9.17) is 10.00 Å². The van der Waals surface area contributed by atoms with Gasteiger partial charge in [0.2, 0.25) is 0 Å². The number of para-hydroxylation sites is 1. The second-order valence-electron chi connectivity index (χ2n) is 5.96. The highest BCUT2D eigenvalue weighted by Gasteiger charge is 2.33. The smallest absolute Gasteiger partial charge is 0.339 e. The molecule has 1 saturated carbocycles. The van der Waals surface area contributed by atoms with Crippen molar-refractivity contribution in [1.29, 1.82) is 5.26 Å². The molecule has 0 saturated heterocycles. The zero-order valence-corrected chi connectivity index (χ0v) is 13.9. The molecule has 0 heterocycles. The van der Waals surface area contributed by atoms with E-state index in [9.17, 15) is 9.59 Å². The predicted octanol–water partition coefficient (Wildman–Crippen LogP) is 3.54. The van der Waals surface area contributed by atoms with Gasteiger partial charge in [0.1, 0.15) is 0 Å². The van der Waals surface area contributed by atoms with Crippen molar-refractivity contribution in [2.45, 2.75) is 25.3 Å². The fraction of sp³-hybridized carbons (Fsp3) is 0.250. The lowest BCUT2D eigenvalue weighted by Crippen LogP contribution is -2.45. The third-order valence-corrected chi connectivity index (χ3v) is 4.49. The Morgan fingerprint density at radius 3 is 2.36 bits per heavy atom. The third-order valence-electron chi connectivity index (χ3n) is 4.49. The maximum atomic E-state index is 13.1. The summed E-state index contributed by atoms with van der Waals surface area (Å²) in [6.07, 6.45) is 2.86. The maximum absolute atomic E-state index is 13.1. The predicted molar refractivity (Wildman–Crippen MR) is 93.4 cm³/mol. The first-order valence-electron chi connectivity index (χ1n) is 8.16. The van der Waals surface area contributed by atoms with Crippen LogP contribution in [0.25, 0.3) is 0 Å². The van der Waals surface area contributed by atoms with Crippen molar-refractivity contribution in [3.05, 3.63) is 65.2 Å². The average Bonchev–Trinajstić information content (AvgIpc) is 2.63. The number of esters is 1. The first-order chi connectivity index (χ1) is 12.2. The minimum absolute atomic E-state index is 0.0638. The number of nitriles is 1. The third kappa shape index (κ3) is 3.24. The van der Waals surface area contributed by atoms with Crippen LogP contribution in [0, 0.1) is 11.3 Å². The molecule has 1 aliphatic rings. The van der Waals surface area contributed by atoms with Gasteiger partial charge in [0, 0.05) is 11.6 Å². The highest BCUT2D eigenvalue weighted by atomic mass is 16.5. The van der Waals surface area contributed by atoms with Crippen LogP contribution in [-0.4, -0.2) is 25.0 Å². The highest BCUT2D eigenvalue weighted by Crippen LogP contribution is 2.33. The van der Waals surface area contributed by atoms with Crippen molar-refractivity contribution in [1.82, 2.24) is 0 Å². The minimum atomic E-state index is -0.465. The Kier molecular flexibility index (Phi) is 4.80. The minimum Gasteiger partial charge on any atom is -0.465 e. The van der Waals surface area contributed by atoms with Crippen molar-refractivity contribution in [3.8, 4) is 6.07 Å². The van der Waals surface area contributed by atoms with Gasteiger partial charge in [-0.1, -0.05) is 12.1 Å². The van der Waals surface area contributed by atoms with Gasteiger partial charge in [-0.05, 0) is 55.7 Å². The van der Waals surface area contributed by atoms with Crippen molar-refractivity contribution < 1.29 is 14.3 Å². The van der Waals surface area contributed by atoms with Crippen LogP contribution >= 0.6 is 0 Å². The van der Waals surface area contributed by atoms with Crippen LogP contribution < -0.4 is 4.90 Å². The van der Waals surface area contributed by atoms with Gasteiger partial charge >= 0.3 is 5.97 Å². The van der Waals surface area contributed by atoms with E-state index in [1.165, 1.54) is 7.11 Å². The number of hydrogen-bond acceptors (Lipinski definition) is 4. The summed E-state index contributed by atoms with van der Waals surface area (Å²) in [6.45, 7) is 0. The van der Waals surface area contributed by atoms with Crippen LogP contribution in [0.2, 0.25) is 0 Å². The number of rotatable bonds is 4. The molecule has 0 aromatic heterocycles. The number of ether oxygens (including phenoxy) is 1. The van der Waals surface area contributed by atoms with E-state index in [1.54, 1.807) is 53.4 Å².